The van der Waals surface area contributed by atoms with Crippen LogP contribution in [0.1, 0.15) is 71.6 Å². The molecule has 162 valence electrons. The van der Waals surface area contributed by atoms with Crippen LogP contribution in [0.3, 0.4) is 0 Å². The number of rotatable bonds is 4. The van der Waals surface area contributed by atoms with E-state index in [0.717, 1.165) is 37.7 Å². The van der Waals surface area contributed by atoms with Crippen molar-refractivity contribution in [1.82, 2.24) is 0 Å². The fraction of sp³-hybridized carbons (Fsp3) is 0.750. The van der Waals surface area contributed by atoms with E-state index in [1.807, 2.05) is 0 Å². The van der Waals surface area contributed by atoms with Gasteiger partial charge >= 0.3 is 11.9 Å². The van der Waals surface area contributed by atoms with Crippen molar-refractivity contribution in [3.8, 4) is 6.07 Å². The number of ketones is 1. The number of ether oxygens (including phenoxy) is 1. The molecule has 0 spiro atoms. The Bertz CT molecular complexity index is 841. The van der Waals surface area contributed by atoms with Crippen LogP contribution in [0.2, 0.25) is 0 Å². The maximum Gasteiger partial charge on any atom is 0.314 e. The van der Waals surface area contributed by atoms with Gasteiger partial charge in [0.25, 0.3) is 0 Å². The fourth-order valence-electron chi connectivity index (χ4n) is 7.92. The van der Waals surface area contributed by atoms with Crippen molar-refractivity contribution in [3.63, 3.8) is 0 Å². The van der Waals surface area contributed by atoms with Crippen molar-refractivity contribution in [2.45, 2.75) is 77.7 Å². The third-order valence-electron chi connectivity index (χ3n) is 8.92. The Kier molecular flexibility index (Phi) is 5.28. The molecule has 0 aromatic carbocycles. The molecule has 0 aromatic rings. The SMILES string of the molecule is CC(=O)O[C@H]1CC[C@@]2(C(=O)O)C(=CC[C@@H]3[C@@H]2CC[C@]2(CC#N)[C@@H](C(C)=O)CC[C@@H]32)C1. The third kappa shape index (κ3) is 2.92. The van der Waals surface area contributed by atoms with E-state index < -0.39 is 11.4 Å². The van der Waals surface area contributed by atoms with E-state index in [-0.39, 0.29) is 46.9 Å². The van der Waals surface area contributed by atoms with E-state index in [1.54, 1.807) is 6.92 Å². The standard InChI is InChI=1S/C24H31NO5/c1-14(26)19-5-6-20-18-4-3-16-13-17(30-15(2)27)7-10-24(16,22(28)29)21(18)8-9-23(19,20)11-12-25/h3,17-21H,4-11,13H2,1-2H3,(H,28,29)/t17-,18-,19+,20-,21-,23-,24+/m0/s1. The number of carboxylic acids is 1. The summed E-state index contributed by atoms with van der Waals surface area (Å²) < 4.78 is 5.41. The minimum absolute atomic E-state index is 0.0239. The van der Waals surface area contributed by atoms with Gasteiger partial charge in [-0.25, -0.2) is 0 Å². The van der Waals surface area contributed by atoms with Crippen LogP contribution in [0.4, 0.5) is 0 Å². The van der Waals surface area contributed by atoms with Crippen LogP contribution in [0.15, 0.2) is 11.6 Å². The molecule has 6 nitrogen and oxygen atoms in total. The molecule has 3 fully saturated rings. The molecule has 0 radical (unpaired) electrons. The number of Topliss-reactive ketones (excluding diaryl/α,β-unsaturated/α-hetero) is 1. The van der Waals surface area contributed by atoms with Crippen LogP contribution >= 0.6 is 0 Å². The molecule has 1 N–H and O–H groups in total. The predicted molar refractivity (Wildman–Crippen MR) is 108 cm³/mol. The second kappa shape index (κ2) is 7.51. The number of carboxylic acid groups (broad SMARTS) is 1. The Balaban J connectivity index is 1.70. The monoisotopic (exact) mass is 413 g/mol. The molecule has 0 saturated heterocycles. The van der Waals surface area contributed by atoms with Crippen molar-refractivity contribution in [3.05, 3.63) is 11.6 Å². The topological polar surface area (TPSA) is 104 Å². The highest BCUT2D eigenvalue weighted by Gasteiger charge is 2.64. The molecule has 4 rings (SSSR count). The summed E-state index contributed by atoms with van der Waals surface area (Å²) in [5.41, 5.74) is -0.267. The highest BCUT2D eigenvalue weighted by Crippen LogP contribution is 2.67. The van der Waals surface area contributed by atoms with Crippen molar-refractivity contribution in [2.75, 3.05) is 0 Å². The number of aliphatic carboxylic acids is 1. The van der Waals surface area contributed by atoms with Crippen LogP contribution in [-0.4, -0.2) is 28.9 Å². The summed E-state index contributed by atoms with van der Waals surface area (Å²) in [6.07, 6.45) is 7.80. The van der Waals surface area contributed by atoms with Crippen LogP contribution in [0.25, 0.3) is 0 Å². The van der Waals surface area contributed by atoms with E-state index in [0.29, 0.717) is 25.7 Å². The van der Waals surface area contributed by atoms with Gasteiger partial charge in [0.15, 0.2) is 0 Å². The van der Waals surface area contributed by atoms with Gasteiger partial charge in [-0.05, 0) is 75.0 Å². The predicted octanol–water partition coefficient (Wildman–Crippen LogP) is 4.04. The molecule has 0 aromatic heterocycles. The lowest BCUT2D eigenvalue weighted by Crippen LogP contribution is -2.55. The first-order chi connectivity index (χ1) is 14.3. The van der Waals surface area contributed by atoms with Gasteiger partial charge in [-0.2, -0.15) is 5.26 Å². The molecule has 0 unspecified atom stereocenters. The molecule has 30 heavy (non-hydrogen) atoms. The van der Waals surface area contributed by atoms with Crippen molar-refractivity contribution >= 4 is 17.7 Å². The van der Waals surface area contributed by atoms with Crippen LogP contribution < -0.4 is 0 Å². The number of carbonyl (C=O) groups excluding carboxylic acids is 2. The Morgan fingerprint density at radius 3 is 2.57 bits per heavy atom. The van der Waals surface area contributed by atoms with Crippen LogP contribution in [0, 0.1) is 45.8 Å². The fourth-order valence-corrected chi connectivity index (χ4v) is 7.92. The van der Waals surface area contributed by atoms with E-state index >= 15 is 0 Å². The highest BCUT2D eigenvalue weighted by atomic mass is 16.5. The maximum absolute atomic E-state index is 12.7. The second-order valence-corrected chi connectivity index (χ2v) is 9.94. The first-order valence-electron chi connectivity index (χ1n) is 11.2. The molecule has 0 bridgehead atoms. The first kappa shape index (κ1) is 21.1. The minimum Gasteiger partial charge on any atom is -0.481 e. The maximum atomic E-state index is 12.7. The zero-order valence-corrected chi connectivity index (χ0v) is 17.9. The Morgan fingerprint density at radius 1 is 1.17 bits per heavy atom. The van der Waals surface area contributed by atoms with Gasteiger partial charge in [0.1, 0.15) is 11.9 Å². The lowest BCUT2D eigenvalue weighted by molar-refractivity contribution is -0.163. The molecule has 0 aliphatic heterocycles. The lowest BCUT2D eigenvalue weighted by atomic mass is 9.46. The number of nitriles is 1. The average Bonchev–Trinajstić information content (AvgIpc) is 3.06. The number of hydrogen-bond acceptors (Lipinski definition) is 5. The Morgan fingerprint density at radius 2 is 1.93 bits per heavy atom. The summed E-state index contributed by atoms with van der Waals surface area (Å²) in [7, 11) is 0. The van der Waals surface area contributed by atoms with Crippen molar-refractivity contribution < 1.29 is 24.2 Å². The molecule has 0 heterocycles. The van der Waals surface area contributed by atoms with Gasteiger partial charge in [0, 0.05) is 25.7 Å². The van der Waals surface area contributed by atoms with E-state index in [9.17, 15) is 24.8 Å². The number of fused-ring (bicyclic) bond motifs is 5. The van der Waals surface area contributed by atoms with E-state index in [1.165, 1.54) is 6.92 Å². The molecule has 7 atom stereocenters. The first-order valence-corrected chi connectivity index (χ1v) is 11.2. The zero-order valence-electron chi connectivity index (χ0n) is 17.9. The van der Waals surface area contributed by atoms with Gasteiger partial charge in [-0.3, -0.25) is 14.4 Å². The number of esters is 1. The molecule has 6 heteroatoms. The van der Waals surface area contributed by atoms with E-state index in [4.69, 9.17) is 4.74 Å². The number of carbonyl (C=O) groups is 3. The Hall–Kier alpha value is -2.16. The summed E-state index contributed by atoms with van der Waals surface area (Å²) in [6.45, 7) is 3.04. The van der Waals surface area contributed by atoms with Gasteiger partial charge in [-0.15, -0.1) is 0 Å². The second-order valence-electron chi connectivity index (χ2n) is 9.94. The number of allylic oxidation sites excluding steroid dienone is 1. The molecular weight excluding hydrogens is 382 g/mol. The smallest absolute Gasteiger partial charge is 0.314 e. The minimum atomic E-state index is -0.896. The lowest BCUT2D eigenvalue weighted by Gasteiger charge is -2.57. The molecule has 3 saturated carbocycles. The number of nitrogens with zero attached hydrogens (tertiary/aromatic N) is 1. The molecular formula is C24H31NO5. The quantitative estimate of drug-likeness (QED) is 0.551. The summed E-state index contributed by atoms with van der Waals surface area (Å²) in [5.74, 6) is -0.541. The van der Waals surface area contributed by atoms with Gasteiger partial charge in [0.2, 0.25) is 0 Å². The average molecular weight is 414 g/mol. The zero-order chi connectivity index (χ0) is 21.7. The molecule has 4 aliphatic carbocycles. The summed E-state index contributed by atoms with van der Waals surface area (Å²) in [4.78, 5) is 36.5. The van der Waals surface area contributed by atoms with Gasteiger partial charge in [0.05, 0.1) is 11.5 Å². The third-order valence-corrected chi connectivity index (χ3v) is 8.92. The highest BCUT2D eigenvalue weighted by molar-refractivity contribution is 5.81. The summed E-state index contributed by atoms with van der Waals surface area (Å²) in [5, 5.41) is 20.0. The number of hydrogen-bond donors (Lipinski definition) is 1. The Labute approximate surface area is 177 Å². The van der Waals surface area contributed by atoms with Gasteiger partial charge in [-0.1, -0.05) is 11.6 Å². The van der Waals surface area contributed by atoms with E-state index in [2.05, 4.69) is 12.1 Å². The largest absolute Gasteiger partial charge is 0.481 e. The van der Waals surface area contributed by atoms with Crippen LogP contribution in [0.5, 0.6) is 0 Å². The van der Waals surface area contributed by atoms with Crippen molar-refractivity contribution in [2.24, 2.45) is 34.5 Å². The summed E-state index contributed by atoms with van der Waals surface area (Å²) in [6, 6.07) is 2.36. The molecule has 0 amide bonds. The molecule has 4 aliphatic rings. The normalized spacial score (nSPS) is 42.0. The van der Waals surface area contributed by atoms with Gasteiger partial charge < -0.3 is 9.84 Å². The van der Waals surface area contributed by atoms with Crippen molar-refractivity contribution in [1.29, 1.82) is 5.26 Å². The van der Waals surface area contributed by atoms with Crippen LogP contribution in [-0.2, 0) is 19.1 Å². The summed E-state index contributed by atoms with van der Waals surface area (Å²) >= 11 is 0.